The van der Waals surface area contributed by atoms with Gasteiger partial charge in [0.25, 0.3) is 0 Å². The molecule has 0 aromatic heterocycles. The van der Waals surface area contributed by atoms with Gasteiger partial charge in [-0.25, -0.2) is 17.5 Å². The number of nitrogens with one attached hydrogen (secondary N) is 2. The Bertz CT molecular complexity index is 656. The number of hydrogen-bond donors (Lipinski definition) is 2. The summed E-state index contributed by atoms with van der Waals surface area (Å²) in [7, 11) is -3.47. The highest BCUT2D eigenvalue weighted by Gasteiger charge is 2.31. The largest absolute Gasteiger partial charge is 0.332 e. The SMILES string of the molecule is CC(NS(C)(=O)=O)C(=O)N1CCNCC1c1cccc(F)c1.Cl. The molecular formula is C14H21ClFN3O3S. The van der Waals surface area contributed by atoms with E-state index in [1.165, 1.54) is 19.1 Å². The Labute approximate surface area is 141 Å². The summed E-state index contributed by atoms with van der Waals surface area (Å²) in [6, 6.07) is 4.92. The minimum absolute atomic E-state index is 0. The van der Waals surface area contributed by atoms with Gasteiger partial charge in [0.2, 0.25) is 15.9 Å². The number of sulfonamides is 1. The lowest BCUT2D eigenvalue weighted by Gasteiger charge is -2.38. The maximum absolute atomic E-state index is 13.4. The monoisotopic (exact) mass is 365 g/mol. The van der Waals surface area contributed by atoms with Crippen LogP contribution in [0, 0.1) is 5.82 Å². The van der Waals surface area contributed by atoms with Crippen molar-refractivity contribution in [3.8, 4) is 0 Å². The molecule has 1 amide bonds. The number of benzene rings is 1. The van der Waals surface area contributed by atoms with Gasteiger partial charge < -0.3 is 10.2 Å². The van der Waals surface area contributed by atoms with Crippen LogP contribution in [0.15, 0.2) is 24.3 Å². The molecule has 2 N–H and O–H groups in total. The first kappa shape index (κ1) is 19.8. The average molecular weight is 366 g/mol. The Morgan fingerprint density at radius 1 is 1.48 bits per heavy atom. The summed E-state index contributed by atoms with van der Waals surface area (Å²) in [6.07, 6.45) is 1.01. The van der Waals surface area contributed by atoms with Gasteiger partial charge in [0.1, 0.15) is 5.82 Å². The first-order chi connectivity index (χ1) is 10.3. The van der Waals surface area contributed by atoms with Gasteiger partial charge in [-0.1, -0.05) is 12.1 Å². The number of carbonyl (C=O) groups is 1. The van der Waals surface area contributed by atoms with Crippen molar-refractivity contribution in [3.05, 3.63) is 35.6 Å². The van der Waals surface area contributed by atoms with E-state index >= 15 is 0 Å². The number of nitrogens with zero attached hydrogens (tertiary/aromatic N) is 1. The zero-order valence-corrected chi connectivity index (χ0v) is 14.6. The van der Waals surface area contributed by atoms with Crippen molar-refractivity contribution in [2.45, 2.75) is 19.0 Å². The molecule has 9 heteroatoms. The van der Waals surface area contributed by atoms with E-state index in [0.717, 1.165) is 6.26 Å². The number of hydrogen-bond acceptors (Lipinski definition) is 4. The van der Waals surface area contributed by atoms with Crippen LogP contribution in [-0.4, -0.2) is 51.2 Å². The normalized spacial score (nSPS) is 19.8. The van der Waals surface area contributed by atoms with E-state index in [2.05, 4.69) is 10.0 Å². The van der Waals surface area contributed by atoms with Crippen molar-refractivity contribution in [1.29, 1.82) is 0 Å². The summed E-state index contributed by atoms with van der Waals surface area (Å²) in [4.78, 5) is 14.1. The predicted octanol–water partition coefficient (Wildman–Crippen LogP) is 0.658. The van der Waals surface area contributed by atoms with Crippen LogP contribution in [0.1, 0.15) is 18.5 Å². The van der Waals surface area contributed by atoms with Crippen LogP contribution < -0.4 is 10.0 Å². The predicted molar refractivity (Wildman–Crippen MR) is 88.4 cm³/mol. The maximum atomic E-state index is 13.4. The molecule has 1 aromatic rings. The molecule has 23 heavy (non-hydrogen) atoms. The van der Waals surface area contributed by atoms with Crippen LogP contribution in [-0.2, 0) is 14.8 Å². The Morgan fingerprint density at radius 2 is 2.17 bits per heavy atom. The van der Waals surface area contributed by atoms with E-state index in [1.807, 2.05) is 0 Å². The zero-order chi connectivity index (χ0) is 16.3. The van der Waals surface area contributed by atoms with Gasteiger partial charge in [0.15, 0.2) is 0 Å². The van der Waals surface area contributed by atoms with Gasteiger partial charge >= 0.3 is 0 Å². The summed E-state index contributed by atoms with van der Waals surface area (Å²) in [5, 5.41) is 3.17. The van der Waals surface area contributed by atoms with Crippen molar-refractivity contribution in [2.75, 3.05) is 25.9 Å². The molecule has 2 rings (SSSR count). The van der Waals surface area contributed by atoms with Crippen LogP contribution >= 0.6 is 12.4 Å². The lowest BCUT2D eigenvalue weighted by atomic mass is 10.0. The molecule has 0 aliphatic carbocycles. The molecule has 2 atom stereocenters. The Kier molecular flexibility index (Phi) is 6.94. The van der Waals surface area contributed by atoms with E-state index < -0.39 is 16.1 Å². The molecule has 1 heterocycles. The molecule has 6 nitrogen and oxygen atoms in total. The van der Waals surface area contributed by atoms with E-state index in [9.17, 15) is 17.6 Å². The maximum Gasteiger partial charge on any atom is 0.241 e. The van der Waals surface area contributed by atoms with Crippen LogP contribution in [0.25, 0.3) is 0 Å². The number of amides is 1. The average Bonchev–Trinajstić information content (AvgIpc) is 2.44. The van der Waals surface area contributed by atoms with Crippen LogP contribution in [0.5, 0.6) is 0 Å². The van der Waals surface area contributed by atoms with E-state index in [4.69, 9.17) is 0 Å². The fourth-order valence-corrected chi connectivity index (χ4v) is 3.34. The molecule has 0 spiro atoms. The smallest absolute Gasteiger partial charge is 0.241 e. The number of rotatable bonds is 4. The molecule has 0 saturated carbocycles. The highest BCUT2D eigenvalue weighted by Crippen LogP contribution is 2.23. The van der Waals surface area contributed by atoms with Crippen LogP contribution in [0.3, 0.4) is 0 Å². The van der Waals surface area contributed by atoms with Gasteiger partial charge in [-0.05, 0) is 24.6 Å². The Morgan fingerprint density at radius 3 is 2.78 bits per heavy atom. The van der Waals surface area contributed by atoms with Crippen molar-refractivity contribution in [3.63, 3.8) is 0 Å². The van der Waals surface area contributed by atoms with Gasteiger partial charge in [0.05, 0.1) is 18.3 Å². The lowest BCUT2D eigenvalue weighted by molar-refractivity contribution is -0.136. The molecular weight excluding hydrogens is 345 g/mol. The molecule has 130 valence electrons. The minimum atomic E-state index is -3.47. The van der Waals surface area contributed by atoms with Gasteiger partial charge in [-0.15, -0.1) is 12.4 Å². The standard InChI is InChI=1S/C14H20FN3O3S.ClH/c1-10(17-22(2,20)21)14(19)18-7-6-16-9-13(18)11-4-3-5-12(15)8-11;/h3-5,8,10,13,16-17H,6-7,9H2,1-2H3;1H. The second kappa shape index (κ2) is 8.05. The fraction of sp³-hybridized carbons (Fsp3) is 0.500. The Hall–Kier alpha value is -1.22. The van der Waals surface area contributed by atoms with Gasteiger partial charge in [0, 0.05) is 19.6 Å². The minimum Gasteiger partial charge on any atom is -0.332 e. The molecule has 1 saturated heterocycles. The van der Waals surface area contributed by atoms with E-state index in [1.54, 1.807) is 17.0 Å². The molecule has 1 aliphatic rings. The second-order valence-electron chi connectivity index (χ2n) is 5.42. The molecule has 2 unspecified atom stereocenters. The molecule has 0 bridgehead atoms. The summed E-state index contributed by atoms with van der Waals surface area (Å²) in [6.45, 7) is 3.06. The van der Waals surface area contributed by atoms with Crippen molar-refractivity contribution < 1.29 is 17.6 Å². The summed E-state index contributed by atoms with van der Waals surface area (Å²) >= 11 is 0. The Balaban J connectivity index is 0.00000264. The number of halogens is 2. The number of piperazine rings is 1. The third-order valence-electron chi connectivity index (χ3n) is 3.52. The molecule has 0 radical (unpaired) electrons. The van der Waals surface area contributed by atoms with Crippen LogP contribution in [0.4, 0.5) is 4.39 Å². The van der Waals surface area contributed by atoms with Gasteiger partial charge in [-0.2, -0.15) is 0 Å². The third-order valence-corrected chi connectivity index (χ3v) is 4.30. The van der Waals surface area contributed by atoms with Gasteiger partial charge in [-0.3, -0.25) is 4.79 Å². The third kappa shape index (κ3) is 5.42. The van der Waals surface area contributed by atoms with Crippen molar-refractivity contribution >= 4 is 28.3 Å². The molecule has 1 fully saturated rings. The highest BCUT2D eigenvalue weighted by atomic mass is 35.5. The van der Waals surface area contributed by atoms with E-state index in [0.29, 0.717) is 25.2 Å². The van der Waals surface area contributed by atoms with Crippen molar-refractivity contribution in [1.82, 2.24) is 14.9 Å². The van der Waals surface area contributed by atoms with Crippen LogP contribution in [0.2, 0.25) is 0 Å². The first-order valence-electron chi connectivity index (χ1n) is 7.02. The molecule has 1 aliphatic heterocycles. The van der Waals surface area contributed by atoms with E-state index in [-0.39, 0.29) is 30.2 Å². The quantitative estimate of drug-likeness (QED) is 0.821. The summed E-state index contributed by atoms with van der Waals surface area (Å²) in [5.74, 6) is -0.682. The summed E-state index contributed by atoms with van der Waals surface area (Å²) in [5.41, 5.74) is 0.687. The summed E-state index contributed by atoms with van der Waals surface area (Å²) < 4.78 is 38.3. The lowest BCUT2D eigenvalue weighted by Crippen LogP contribution is -2.54. The highest BCUT2D eigenvalue weighted by molar-refractivity contribution is 7.88. The topological polar surface area (TPSA) is 78.5 Å². The fourth-order valence-electron chi connectivity index (χ4n) is 2.60. The second-order valence-corrected chi connectivity index (χ2v) is 7.20. The zero-order valence-electron chi connectivity index (χ0n) is 13.0. The number of carbonyl (C=O) groups excluding carboxylic acids is 1. The molecule has 1 aromatic carbocycles. The first-order valence-corrected chi connectivity index (χ1v) is 8.91. The van der Waals surface area contributed by atoms with Crippen molar-refractivity contribution in [2.24, 2.45) is 0 Å².